The van der Waals surface area contributed by atoms with Crippen LogP contribution in [0.2, 0.25) is 0 Å². The Labute approximate surface area is 81.1 Å². The fraction of sp³-hybridized carbons (Fsp3) is 0.429. The Morgan fingerprint density at radius 2 is 2.21 bits per heavy atom. The highest BCUT2D eigenvalue weighted by atomic mass is 32.2. The molecule has 0 bridgehead atoms. The normalized spacial score (nSPS) is 11.6. The molecular formula is C7H10N2O4S. The average Bonchev–Trinajstić information content (AvgIpc) is 2.29. The first kappa shape index (κ1) is 10.7. The van der Waals surface area contributed by atoms with Gasteiger partial charge in [0.1, 0.15) is 17.3 Å². The summed E-state index contributed by atoms with van der Waals surface area (Å²) < 4.78 is 23.1. The molecule has 1 rings (SSSR count). The minimum atomic E-state index is -3.19. The predicted molar refractivity (Wildman–Crippen MR) is 48.7 cm³/mol. The zero-order valence-corrected chi connectivity index (χ0v) is 8.58. The Morgan fingerprint density at radius 1 is 1.64 bits per heavy atom. The summed E-state index contributed by atoms with van der Waals surface area (Å²) in [6, 6.07) is 0. The topological polar surface area (TPSA) is 89.3 Å². The van der Waals surface area contributed by atoms with E-state index >= 15 is 0 Å². The van der Waals surface area contributed by atoms with Gasteiger partial charge in [0.2, 0.25) is 0 Å². The number of aromatic nitrogens is 2. The first-order valence-electron chi connectivity index (χ1n) is 3.73. The van der Waals surface area contributed by atoms with Crippen LogP contribution in [0.15, 0.2) is 6.20 Å². The van der Waals surface area contributed by atoms with Crippen LogP contribution in [0.3, 0.4) is 0 Å². The number of hydrogen-bond acceptors (Lipinski definition) is 4. The van der Waals surface area contributed by atoms with Crippen molar-refractivity contribution < 1.29 is 18.3 Å². The molecule has 0 spiro atoms. The van der Waals surface area contributed by atoms with E-state index in [2.05, 4.69) is 4.98 Å². The zero-order chi connectivity index (χ0) is 10.9. The van der Waals surface area contributed by atoms with E-state index in [0.717, 1.165) is 12.5 Å². The fourth-order valence-electron chi connectivity index (χ4n) is 1.02. The third-order valence-electron chi connectivity index (χ3n) is 1.69. The van der Waals surface area contributed by atoms with Gasteiger partial charge in [-0.05, 0) is 0 Å². The largest absolute Gasteiger partial charge is 0.477 e. The lowest BCUT2D eigenvalue weighted by Gasteiger charge is -2.01. The average molecular weight is 218 g/mol. The van der Waals surface area contributed by atoms with Crippen molar-refractivity contribution in [2.45, 2.75) is 5.75 Å². The highest BCUT2D eigenvalue weighted by Crippen LogP contribution is 2.06. The summed E-state index contributed by atoms with van der Waals surface area (Å²) >= 11 is 0. The lowest BCUT2D eigenvalue weighted by molar-refractivity contribution is 0.0686. The molecule has 14 heavy (non-hydrogen) atoms. The molecule has 0 aliphatic rings. The number of carboxylic acids is 1. The van der Waals surface area contributed by atoms with Gasteiger partial charge in [0.15, 0.2) is 9.84 Å². The van der Waals surface area contributed by atoms with Crippen molar-refractivity contribution in [1.82, 2.24) is 9.55 Å². The van der Waals surface area contributed by atoms with Gasteiger partial charge >= 0.3 is 5.97 Å². The number of carbonyl (C=O) groups is 1. The van der Waals surface area contributed by atoms with E-state index in [1.54, 1.807) is 0 Å². The molecular weight excluding hydrogens is 208 g/mol. The molecule has 1 heterocycles. The molecule has 0 unspecified atom stereocenters. The van der Waals surface area contributed by atoms with Gasteiger partial charge in [-0.15, -0.1) is 0 Å². The van der Waals surface area contributed by atoms with Gasteiger partial charge in [-0.25, -0.2) is 18.2 Å². The van der Waals surface area contributed by atoms with Crippen LogP contribution in [-0.4, -0.2) is 35.3 Å². The van der Waals surface area contributed by atoms with Crippen LogP contribution >= 0.6 is 0 Å². The Morgan fingerprint density at radius 3 is 2.57 bits per heavy atom. The first-order valence-corrected chi connectivity index (χ1v) is 5.79. The second-order valence-electron chi connectivity index (χ2n) is 2.99. The minimum absolute atomic E-state index is 0.0244. The van der Waals surface area contributed by atoms with Crippen LogP contribution in [0, 0.1) is 0 Å². The number of aromatic carboxylic acids is 1. The van der Waals surface area contributed by atoms with Gasteiger partial charge in [-0.3, -0.25) is 0 Å². The second kappa shape index (κ2) is 3.41. The molecule has 7 heteroatoms. The van der Waals surface area contributed by atoms with E-state index in [4.69, 9.17) is 5.11 Å². The molecule has 78 valence electrons. The maximum atomic E-state index is 10.9. The third-order valence-corrected chi connectivity index (χ3v) is 2.48. The van der Waals surface area contributed by atoms with E-state index in [9.17, 15) is 13.2 Å². The van der Waals surface area contributed by atoms with E-state index in [-0.39, 0.29) is 17.3 Å². The molecule has 0 radical (unpaired) electrons. The number of imidazole rings is 1. The predicted octanol–water partition coefficient (Wildman–Crippen LogP) is -0.337. The molecule has 1 aromatic rings. The number of sulfone groups is 1. The molecule has 0 amide bonds. The van der Waals surface area contributed by atoms with E-state index in [0.29, 0.717) is 0 Å². The summed E-state index contributed by atoms with van der Waals surface area (Å²) in [6.45, 7) is 0. The van der Waals surface area contributed by atoms with Crippen molar-refractivity contribution in [1.29, 1.82) is 0 Å². The number of carboxylic acid groups (broad SMARTS) is 1. The van der Waals surface area contributed by atoms with Gasteiger partial charge in [-0.2, -0.15) is 0 Å². The van der Waals surface area contributed by atoms with E-state index in [1.165, 1.54) is 11.6 Å². The molecule has 0 aliphatic heterocycles. The van der Waals surface area contributed by atoms with Gasteiger partial charge in [-0.1, -0.05) is 0 Å². The van der Waals surface area contributed by atoms with Gasteiger partial charge in [0, 0.05) is 13.3 Å². The summed E-state index contributed by atoms with van der Waals surface area (Å²) in [5, 5.41) is 8.67. The minimum Gasteiger partial charge on any atom is -0.477 e. The summed E-state index contributed by atoms with van der Waals surface area (Å²) in [5.74, 6) is -1.15. The zero-order valence-electron chi connectivity index (χ0n) is 7.76. The molecule has 0 aliphatic carbocycles. The van der Waals surface area contributed by atoms with Crippen molar-refractivity contribution in [3.63, 3.8) is 0 Å². The standard InChI is InChI=1S/C7H10N2O4S/c1-9-5(7(10)11)3-8-6(9)4-14(2,12)13/h3H,4H2,1-2H3,(H,10,11). The molecule has 0 atom stereocenters. The molecule has 0 aromatic carbocycles. The Bertz CT molecular complexity index is 460. The van der Waals surface area contributed by atoms with Crippen molar-refractivity contribution in [2.75, 3.05) is 6.26 Å². The highest BCUT2D eigenvalue weighted by Gasteiger charge is 2.15. The van der Waals surface area contributed by atoms with Crippen LogP contribution in [-0.2, 0) is 22.6 Å². The Kier molecular flexibility index (Phi) is 2.61. The monoisotopic (exact) mass is 218 g/mol. The molecule has 0 fully saturated rings. The lowest BCUT2D eigenvalue weighted by Crippen LogP contribution is -2.10. The van der Waals surface area contributed by atoms with E-state index in [1.807, 2.05) is 0 Å². The Hall–Kier alpha value is -1.37. The second-order valence-corrected chi connectivity index (χ2v) is 5.13. The third kappa shape index (κ3) is 2.32. The van der Waals surface area contributed by atoms with Crippen molar-refractivity contribution in [3.8, 4) is 0 Å². The molecule has 0 saturated carbocycles. The smallest absolute Gasteiger partial charge is 0.354 e. The van der Waals surface area contributed by atoms with Gasteiger partial charge in [0.25, 0.3) is 0 Å². The molecule has 1 aromatic heterocycles. The van der Waals surface area contributed by atoms with Crippen molar-refractivity contribution in [2.24, 2.45) is 7.05 Å². The van der Waals surface area contributed by atoms with Crippen LogP contribution in [0.4, 0.5) is 0 Å². The molecule has 1 N–H and O–H groups in total. The molecule has 0 saturated heterocycles. The SMILES string of the molecule is Cn1c(C(=O)O)cnc1CS(C)(=O)=O. The van der Waals surface area contributed by atoms with Crippen LogP contribution in [0.5, 0.6) is 0 Å². The summed E-state index contributed by atoms with van der Waals surface area (Å²) in [5.41, 5.74) is -0.0244. The van der Waals surface area contributed by atoms with E-state index < -0.39 is 15.8 Å². The highest BCUT2D eigenvalue weighted by molar-refractivity contribution is 7.89. The first-order chi connectivity index (χ1) is 6.31. The fourth-order valence-corrected chi connectivity index (χ4v) is 1.75. The quantitative estimate of drug-likeness (QED) is 0.749. The lowest BCUT2D eigenvalue weighted by atomic mass is 10.5. The summed E-state index contributed by atoms with van der Waals surface area (Å²) in [7, 11) is -1.72. The van der Waals surface area contributed by atoms with Gasteiger partial charge in [0.05, 0.1) is 6.20 Å². The van der Waals surface area contributed by atoms with Crippen LogP contribution < -0.4 is 0 Å². The number of hydrogen-bond donors (Lipinski definition) is 1. The maximum absolute atomic E-state index is 10.9. The molecule has 6 nitrogen and oxygen atoms in total. The summed E-state index contributed by atoms with van der Waals surface area (Å²) in [4.78, 5) is 14.3. The van der Waals surface area contributed by atoms with Crippen molar-refractivity contribution >= 4 is 15.8 Å². The van der Waals surface area contributed by atoms with Crippen LogP contribution in [0.25, 0.3) is 0 Å². The van der Waals surface area contributed by atoms with Gasteiger partial charge < -0.3 is 9.67 Å². The Balaban J connectivity index is 3.08. The number of nitrogens with zero attached hydrogens (tertiary/aromatic N) is 2. The van der Waals surface area contributed by atoms with Crippen molar-refractivity contribution in [3.05, 3.63) is 17.7 Å². The number of rotatable bonds is 3. The van der Waals surface area contributed by atoms with Crippen LogP contribution in [0.1, 0.15) is 16.3 Å². The maximum Gasteiger partial charge on any atom is 0.354 e. The summed E-state index contributed by atoms with van der Waals surface area (Å²) in [6.07, 6.45) is 2.21.